The van der Waals surface area contributed by atoms with Crippen molar-refractivity contribution in [2.45, 2.75) is 147 Å². The Bertz CT molecular complexity index is 2380. The number of rotatable bonds is 20. The third kappa shape index (κ3) is 12.6. The van der Waals surface area contributed by atoms with Gasteiger partial charge in [0.1, 0.15) is 11.9 Å². The summed E-state index contributed by atoms with van der Waals surface area (Å²) in [6.07, 6.45) is 10.5. The molecule has 2 amide bonds. The molecule has 2 bridgehead atoms. The number of hydrogen-bond acceptors (Lipinski definition) is 9. The first-order chi connectivity index (χ1) is 32.0. The molecule has 2 atom stereocenters. The van der Waals surface area contributed by atoms with E-state index in [1.165, 1.54) is 6.07 Å². The van der Waals surface area contributed by atoms with E-state index in [1.54, 1.807) is 17.0 Å². The number of aromatic nitrogens is 1. The number of benzene rings is 3. The normalized spacial score (nSPS) is 19.8. The number of carbonyl (C=O) groups excluding carboxylic acids is 3. The monoisotopic (exact) mass is 934 g/mol. The lowest BCUT2D eigenvalue weighted by Crippen LogP contribution is -2.53. The topological polar surface area (TPSA) is 153 Å². The second kappa shape index (κ2) is 22.1. The van der Waals surface area contributed by atoms with E-state index in [0.29, 0.717) is 50.3 Å². The number of anilines is 1. The molecule has 362 valence electrons. The molecular formula is C54H75N5O7Si. The number of hydrogen-bond donors (Lipinski definition) is 4. The summed E-state index contributed by atoms with van der Waals surface area (Å²) in [7, 11) is -0.373. The second-order valence-corrected chi connectivity index (χ2v) is 25.8. The van der Waals surface area contributed by atoms with Gasteiger partial charge in [-0.15, -0.1) is 0 Å². The second-order valence-electron chi connectivity index (χ2n) is 21.1. The van der Waals surface area contributed by atoms with Crippen LogP contribution in [0.5, 0.6) is 5.75 Å². The van der Waals surface area contributed by atoms with Crippen LogP contribution in [0.4, 0.5) is 5.69 Å². The molecular weight excluding hydrogens is 859 g/mol. The molecule has 67 heavy (non-hydrogen) atoms. The molecule has 12 nitrogen and oxygen atoms in total. The third-order valence-corrected chi connectivity index (χ3v) is 19.7. The van der Waals surface area contributed by atoms with Crippen molar-refractivity contribution in [3.05, 3.63) is 105 Å². The number of carbonyl (C=O) groups is 3. The van der Waals surface area contributed by atoms with Crippen molar-refractivity contribution in [1.29, 1.82) is 0 Å². The van der Waals surface area contributed by atoms with Gasteiger partial charge in [0.15, 0.2) is 8.32 Å². The van der Waals surface area contributed by atoms with Crippen LogP contribution in [0.1, 0.15) is 126 Å². The molecule has 0 radical (unpaired) electrons. The first kappa shape index (κ1) is 50.1. The molecule has 4 aromatic rings. The number of nitrogens with one attached hydrogen (secondary N) is 3. The number of unbranched alkanes of at least 4 members (excludes halogenated alkanes) is 1. The SMILES string of the molecule is CN(CCCCC(=O)Nc1ccc(CNC[C@@H](O[Si](C)(C)C(C)(C)C)c2ccc(O)c3[nH]c(=O)ccc23)cc1)C(=O)CCCc1cccc(C2(C(=O)O[C@H]3CN4CCC3CC4)CCCCC2)c1. The number of phenolic OH excluding ortho intramolecular Hbond substituents is 1. The maximum absolute atomic E-state index is 14.0. The van der Waals surface area contributed by atoms with Gasteiger partial charge in [-0.05, 0) is 135 Å². The molecule has 4 heterocycles. The number of piperidine rings is 3. The average Bonchev–Trinajstić information content (AvgIpc) is 3.31. The van der Waals surface area contributed by atoms with E-state index in [4.69, 9.17) is 9.16 Å². The van der Waals surface area contributed by atoms with Crippen LogP contribution in [0.2, 0.25) is 18.1 Å². The van der Waals surface area contributed by atoms with Crippen molar-refractivity contribution in [3.63, 3.8) is 0 Å². The number of ether oxygens (including phenoxy) is 1. The largest absolute Gasteiger partial charge is 0.506 e. The highest BCUT2D eigenvalue weighted by Crippen LogP contribution is 2.43. The van der Waals surface area contributed by atoms with Gasteiger partial charge in [0.2, 0.25) is 17.4 Å². The summed E-state index contributed by atoms with van der Waals surface area (Å²) >= 11 is 0. The molecule has 1 aromatic heterocycles. The Balaban J connectivity index is 0.821. The molecule has 8 rings (SSSR count). The van der Waals surface area contributed by atoms with Crippen molar-refractivity contribution in [1.82, 2.24) is 20.1 Å². The highest BCUT2D eigenvalue weighted by atomic mass is 28.4. The Kier molecular flexibility index (Phi) is 16.5. The zero-order valence-electron chi connectivity index (χ0n) is 40.9. The number of phenols is 1. The van der Waals surface area contributed by atoms with E-state index in [-0.39, 0.29) is 46.3 Å². The minimum atomic E-state index is -2.21. The van der Waals surface area contributed by atoms with E-state index in [2.05, 4.69) is 78.6 Å². The Morgan fingerprint density at radius 3 is 2.37 bits per heavy atom. The predicted molar refractivity (Wildman–Crippen MR) is 269 cm³/mol. The fourth-order valence-electron chi connectivity index (χ4n) is 10.0. The third-order valence-electron chi connectivity index (χ3n) is 15.3. The molecule has 0 unspecified atom stereocenters. The van der Waals surface area contributed by atoms with Crippen LogP contribution in [0.15, 0.2) is 77.6 Å². The zero-order valence-corrected chi connectivity index (χ0v) is 41.9. The van der Waals surface area contributed by atoms with E-state index < -0.39 is 13.7 Å². The van der Waals surface area contributed by atoms with Gasteiger partial charge in [-0.2, -0.15) is 0 Å². The van der Waals surface area contributed by atoms with Gasteiger partial charge in [0.25, 0.3) is 0 Å². The van der Waals surface area contributed by atoms with E-state index in [9.17, 15) is 24.3 Å². The summed E-state index contributed by atoms with van der Waals surface area (Å²) in [5.41, 5.74) is 4.45. The number of pyridine rings is 1. The summed E-state index contributed by atoms with van der Waals surface area (Å²) in [6.45, 7) is 15.8. The van der Waals surface area contributed by atoms with Gasteiger partial charge in [0, 0.05) is 63.2 Å². The lowest BCUT2D eigenvalue weighted by atomic mass is 9.69. The van der Waals surface area contributed by atoms with Crippen LogP contribution in [0.3, 0.4) is 0 Å². The smallest absolute Gasteiger partial charge is 0.316 e. The molecule has 4 fully saturated rings. The molecule has 3 saturated heterocycles. The number of aromatic hydroxyl groups is 1. The molecule has 0 spiro atoms. The zero-order chi connectivity index (χ0) is 47.8. The number of amides is 2. The van der Waals surface area contributed by atoms with Gasteiger partial charge in [-0.3, -0.25) is 24.1 Å². The number of esters is 1. The van der Waals surface area contributed by atoms with Crippen LogP contribution < -0.4 is 16.2 Å². The molecule has 4 N–H and O–H groups in total. The van der Waals surface area contributed by atoms with Gasteiger partial charge < -0.3 is 34.8 Å². The van der Waals surface area contributed by atoms with E-state index in [1.807, 2.05) is 37.4 Å². The lowest BCUT2D eigenvalue weighted by molar-refractivity contribution is -0.167. The Morgan fingerprint density at radius 1 is 0.925 bits per heavy atom. The van der Waals surface area contributed by atoms with Crippen molar-refractivity contribution < 1.29 is 28.7 Å². The molecule has 3 aromatic carbocycles. The fraction of sp³-hybridized carbons (Fsp3) is 0.556. The fourth-order valence-corrected chi connectivity index (χ4v) is 11.3. The average molecular weight is 934 g/mol. The predicted octanol–water partition coefficient (Wildman–Crippen LogP) is 9.52. The summed E-state index contributed by atoms with van der Waals surface area (Å²) in [5.74, 6) is 0.518. The van der Waals surface area contributed by atoms with Crippen molar-refractivity contribution in [3.8, 4) is 5.75 Å². The summed E-state index contributed by atoms with van der Waals surface area (Å²) in [4.78, 5) is 59.1. The summed E-state index contributed by atoms with van der Waals surface area (Å²) in [5, 5.41) is 17.8. The number of aromatic amines is 1. The highest BCUT2D eigenvalue weighted by Gasteiger charge is 2.46. The van der Waals surface area contributed by atoms with E-state index in [0.717, 1.165) is 117 Å². The Labute approximate surface area is 398 Å². The van der Waals surface area contributed by atoms with Gasteiger partial charge >= 0.3 is 5.97 Å². The minimum Gasteiger partial charge on any atom is -0.506 e. The molecule has 13 heteroatoms. The van der Waals surface area contributed by atoms with Crippen molar-refractivity contribution in [2.75, 3.05) is 45.1 Å². The highest BCUT2D eigenvalue weighted by molar-refractivity contribution is 6.74. The van der Waals surface area contributed by atoms with E-state index >= 15 is 0 Å². The molecule has 4 aliphatic rings. The Morgan fingerprint density at radius 2 is 1.67 bits per heavy atom. The number of nitrogens with zero attached hydrogens (tertiary/aromatic N) is 2. The van der Waals surface area contributed by atoms with Crippen LogP contribution in [0.25, 0.3) is 10.9 Å². The number of aryl methyl sites for hydroxylation is 1. The number of fused-ring (bicyclic) bond motifs is 4. The van der Waals surface area contributed by atoms with Crippen molar-refractivity contribution >= 4 is 42.7 Å². The first-order valence-corrected chi connectivity index (χ1v) is 27.8. The lowest BCUT2D eigenvalue weighted by Gasteiger charge is -2.45. The molecule has 3 aliphatic heterocycles. The summed E-state index contributed by atoms with van der Waals surface area (Å²) < 4.78 is 13.3. The van der Waals surface area contributed by atoms with Crippen LogP contribution in [-0.4, -0.2) is 91.9 Å². The van der Waals surface area contributed by atoms with Gasteiger partial charge in [-0.1, -0.05) is 82.5 Å². The summed E-state index contributed by atoms with van der Waals surface area (Å²) in [6, 6.07) is 23.0. The molecule has 1 saturated carbocycles. The quantitative estimate of drug-likeness (QED) is 0.0386. The maximum Gasteiger partial charge on any atom is 0.316 e. The minimum absolute atomic E-state index is 0.00909. The molecule has 1 aliphatic carbocycles. The first-order valence-electron chi connectivity index (χ1n) is 24.9. The maximum atomic E-state index is 14.0. The number of H-pyrrole nitrogens is 1. The van der Waals surface area contributed by atoms with Crippen LogP contribution in [-0.2, 0) is 41.9 Å². The van der Waals surface area contributed by atoms with Gasteiger partial charge in [0.05, 0.1) is 17.0 Å². The standard InChI is InChI=1S/C54H75N5O7Si/c1-53(2,3)67(5,6)66-46(43-23-25-45(60)51-44(43)24-26-49(62)57-51)36-55-35-39-19-21-42(22-20-39)56-48(61)17-8-11-31-58(4)50(63)18-13-15-38-14-12-16-41(34-38)54(29-9-7-10-30-54)52(64)65-47-37-59-32-27-40(47)28-33-59/h12,14,16,19-26,34,40,46-47,55,60H,7-11,13,15,17-18,27-33,35-37H2,1-6H3,(H,56,61)(H,57,62)/t46-,47+/m1/s1. The Hall–Kier alpha value is -4.82. The van der Waals surface area contributed by atoms with Crippen LogP contribution >= 0.6 is 0 Å². The van der Waals surface area contributed by atoms with Gasteiger partial charge in [-0.25, -0.2) is 0 Å². The van der Waals surface area contributed by atoms with Crippen LogP contribution in [0, 0.1) is 5.92 Å². The van der Waals surface area contributed by atoms with Crippen molar-refractivity contribution in [2.24, 2.45) is 5.92 Å².